The van der Waals surface area contributed by atoms with Crippen LogP contribution in [-0.4, -0.2) is 55.6 Å². The minimum absolute atomic E-state index is 0.0109. The van der Waals surface area contributed by atoms with Crippen molar-refractivity contribution in [2.24, 2.45) is 5.90 Å². The zero-order chi connectivity index (χ0) is 27.8. The standard InChI is InChI=1S/C16H17ClF3NO4.C3H9NO.C3H8.H4NO/c1-15(2,3)10-6-12-8(5-11(10)17)4-9(14(22)23-7-24-21)13(25-12)16(18,19)20;1-4-2-3-5;1-3-2;1-2/h4-6,13H,7,21H2,1-3H3;4-5H,2-3H2,1H3;3H2,1-2H3;2H,1H3/q;;;+1. The number of nitrogens with one attached hydrogen (secondary N) is 1. The van der Waals surface area contributed by atoms with Crippen molar-refractivity contribution in [3.05, 3.63) is 33.9 Å². The molecule has 1 aliphatic rings. The van der Waals surface area contributed by atoms with Crippen LogP contribution in [0.15, 0.2) is 17.7 Å². The van der Waals surface area contributed by atoms with Crippen molar-refractivity contribution in [2.75, 3.05) is 27.0 Å². The number of esters is 1. The molecule has 1 heterocycles. The van der Waals surface area contributed by atoms with E-state index in [2.05, 4.69) is 34.6 Å². The van der Waals surface area contributed by atoms with E-state index in [1.165, 1.54) is 18.6 Å². The van der Waals surface area contributed by atoms with Gasteiger partial charge in [0.1, 0.15) is 5.75 Å². The second-order valence-corrected chi connectivity index (χ2v) is 8.42. The van der Waals surface area contributed by atoms with Gasteiger partial charge in [0.25, 0.3) is 0 Å². The number of nitrogens with two attached hydrogens (primary N) is 1. The third-order valence-electron chi connectivity index (χ3n) is 3.90. The number of alkyl halides is 3. The Balaban J connectivity index is 0. The number of carbonyl (C=O) groups excluding carboxylic acids is 1. The minimum atomic E-state index is -4.81. The number of halogens is 4. The summed E-state index contributed by atoms with van der Waals surface area (Å²) in [5.74, 6) is 5.71. The van der Waals surface area contributed by atoms with E-state index in [0.717, 1.165) is 6.08 Å². The second-order valence-electron chi connectivity index (χ2n) is 8.01. The van der Waals surface area contributed by atoms with E-state index in [4.69, 9.17) is 32.5 Å². The van der Waals surface area contributed by atoms with Gasteiger partial charge < -0.3 is 19.9 Å². The number of ether oxygens (including phenoxy) is 2. The van der Waals surface area contributed by atoms with E-state index in [-0.39, 0.29) is 17.9 Å². The molecule has 0 saturated heterocycles. The number of likely N-dealkylation sites (N-methyl/N-ethyl adjacent to an activating group) is 1. The lowest BCUT2D eigenvalue weighted by Gasteiger charge is -2.30. The van der Waals surface area contributed by atoms with Gasteiger partial charge in [-0.2, -0.15) is 13.2 Å². The van der Waals surface area contributed by atoms with E-state index in [9.17, 15) is 18.0 Å². The summed E-state index contributed by atoms with van der Waals surface area (Å²) in [5.41, 5.74) is -0.231. The molecule has 13 heteroatoms. The zero-order valence-electron chi connectivity index (χ0n) is 21.0. The summed E-state index contributed by atoms with van der Waals surface area (Å²) in [6.45, 7) is 10.1. The molecule has 0 fully saturated rings. The Bertz CT molecular complexity index is 785. The number of carbonyl (C=O) groups is 1. The highest BCUT2D eigenvalue weighted by molar-refractivity contribution is 6.31. The Hall–Kier alpha value is -1.93. The molecule has 0 spiro atoms. The van der Waals surface area contributed by atoms with Gasteiger partial charge in [-0.25, -0.2) is 21.8 Å². The molecule has 1 atom stereocenters. The second kappa shape index (κ2) is 17.5. The highest BCUT2D eigenvalue weighted by Gasteiger charge is 2.49. The number of hydrogen-bond donors (Lipinski definition) is 5. The number of quaternary nitrogens is 1. The summed E-state index contributed by atoms with van der Waals surface area (Å²) in [5, 5.41) is 17.9. The van der Waals surface area contributed by atoms with Gasteiger partial charge in [0.15, 0.2) is 0 Å². The number of hydrogen-bond acceptors (Lipinski definition) is 8. The lowest BCUT2D eigenvalue weighted by atomic mass is 9.85. The van der Waals surface area contributed by atoms with E-state index in [1.807, 2.05) is 20.8 Å². The Kier molecular flexibility index (Phi) is 17.6. The molecule has 0 aliphatic carbocycles. The van der Waals surface area contributed by atoms with Crippen LogP contribution >= 0.6 is 11.6 Å². The molecule has 35 heavy (non-hydrogen) atoms. The minimum Gasteiger partial charge on any atom is -0.475 e. The van der Waals surface area contributed by atoms with Crippen molar-refractivity contribution in [1.82, 2.24) is 5.32 Å². The lowest BCUT2D eigenvalue weighted by molar-refractivity contribution is -0.670. The molecular formula is C22H38ClF3N3O6+. The van der Waals surface area contributed by atoms with Crippen molar-refractivity contribution in [1.29, 1.82) is 0 Å². The highest BCUT2D eigenvalue weighted by atomic mass is 35.5. The maximum Gasteiger partial charge on any atom is 0.430 e. The van der Waals surface area contributed by atoms with Gasteiger partial charge in [0.05, 0.1) is 12.2 Å². The van der Waals surface area contributed by atoms with E-state index < -0.39 is 36.0 Å². The smallest absolute Gasteiger partial charge is 0.430 e. The number of fused-ring (bicyclic) bond motifs is 1. The molecule has 0 amide bonds. The van der Waals surface area contributed by atoms with E-state index in [1.54, 1.807) is 7.05 Å². The first-order chi connectivity index (χ1) is 16.3. The molecule has 204 valence electrons. The van der Waals surface area contributed by atoms with E-state index >= 15 is 0 Å². The van der Waals surface area contributed by atoms with Crippen LogP contribution in [-0.2, 0) is 19.8 Å². The van der Waals surface area contributed by atoms with Crippen LogP contribution in [0.2, 0.25) is 5.02 Å². The van der Waals surface area contributed by atoms with Gasteiger partial charge in [0.2, 0.25) is 12.9 Å². The van der Waals surface area contributed by atoms with Gasteiger partial charge in [-0.05, 0) is 36.2 Å². The van der Waals surface area contributed by atoms with Crippen LogP contribution in [0, 0.1) is 0 Å². The number of aliphatic hydroxyl groups is 1. The Morgan fingerprint density at radius 2 is 1.80 bits per heavy atom. The van der Waals surface area contributed by atoms with E-state index in [0.29, 0.717) is 17.1 Å². The van der Waals surface area contributed by atoms with Crippen molar-refractivity contribution in [2.45, 2.75) is 58.7 Å². The normalized spacial score (nSPS) is 14.3. The maximum absolute atomic E-state index is 13.3. The van der Waals surface area contributed by atoms with Gasteiger partial charge in [-0.15, -0.1) is 0 Å². The van der Waals surface area contributed by atoms with Crippen LogP contribution in [0.3, 0.4) is 0 Å². The van der Waals surface area contributed by atoms with Crippen molar-refractivity contribution in [3.63, 3.8) is 0 Å². The van der Waals surface area contributed by atoms with Crippen molar-refractivity contribution in [3.8, 4) is 5.75 Å². The molecular weight excluding hydrogens is 495 g/mol. The third-order valence-corrected chi connectivity index (χ3v) is 4.21. The Morgan fingerprint density at radius 1 is 1.26 bits per heavy atom. The predicted octanol–water partition coefficient (Wildman–Crippen LogP) is 2.97. The Morgan fingerprint density at radius 3 is 2.17 bits per heavy atom. The zero-order valence-corrected chi connectivity index (χ0v) is 21.7. The SMILES string of the molecule is CC(C)(C)c1cc2c(cc1Cl)C=C(C(=O)OCON)C(C(F)(F)F)O2.CCC.CNCCO.[NH3+]O. The first-order valence-corrected chi connectivity index (χ1v) is 11.0. The largest absolute Gasteiger partial charge is 0.475 e. The third kappa shape index (κ3) is 12.5. The summed E-state index contributed by atoms with van der Waals surface area (Å²) >= 11 is 6.22. The average molecular weight is 533 g/mol. The number of benzene rings is 1. The summed E-state index contributed by atoms with van der Waals surface area (Å²) in [7, 11) is 1.80. The Labute approximate surface area is 209 Å². The fourth-order valence-corrected chi connectivity index (χ4v) is 2.94. The van der Waals surface area contributed by atoms with Crippen LogP contribution in [0.25, 0.3) is 6.08 Å². The monoisotopic (exact) mass is 532 g/mol. The molecule has 0 bridgehead atoms. The molecule has 1 aromatic carbocycles. The van der Waals surface area contributed by atoms with Crippen LogP contribution in [0.1, 0.15) is 52.2 Å². The van der Waals surface area contributed by atoms with Gasteiger partial charge in [-0.1, -0.05) is 52.6 Å². The first-order valence-electron chi connectivity index (χ1n) is 10.6. The molecule has 2 rings (SSSR count). The summed E-state index contributed by atoms with van der Waals surface area (Å²) in [4.78, 5) is 15.9. The fraction of sp³-hybridized carbons (Fsp3) is 0.591. The topological polar surface area (TPSA) is 151 Å². The summed E-state index contributed by atoms with van der Waals surface area (Å²) in [6.07, 6.45) is -4.97. The summed E-state index contributed by atoms with van der Waals surface area (Å²) < 4.78 is 49.6. The number of aliphatic hydroxyl groups excluding tert-OH is 1. The van der Waals surface area contributed by atoms with Gasteiger partial charge >= 0.3 is 12.1 Å². The van der Waals surface area contributed by atoms with Crippen LogP contribution in [0.4, 0.5) is 13.2 Å². The molecule has 0 radical (unpaired) electrons. The predicted molar refractivity (Wildman–Crippen MR) is 126 cm³/mol. The maximum atomic E-state index is 13.3. The summed E-state index contributed by atoms with van der Waals surface area (Å²) in [6, 6.07) is 2.91. The lowest BCUT2D eigenvalue weighted by Crippen LogP contribution is -2.42. The molecule has 8 N–H and O–H groups in total. The molecule has 1 aliphatic heterocycles. The number of rotatable bonds is 5. The molecule has 1 aromatic rings. The van der Waals surface area contributed by atoms with Gasteiger partial charge in [-0.3, -0.25) is 4.84 Å². The first kappa shape index (κ1) is 35.2. The van der Waals surface area contributed by atoms with Gasteiger partial charge in [0, 0.05) is 17.1 Å². The highest BCUT2D eigenvalue weighted by Crippen LogP contribution is 2.42. The molecule has 0 saturated carbocycles. The van der Waals surface area contributed by atoms with Crippen molar-refractivity contribution < 1.29 is 48.5 Å². The fourth-order valence-electron chi connectivity index (χ4n) is 2.48. The van der Waals surface area contributed by atoms with Crippen LogP contribution in [0.5, 0.6) is 5.75 Å². The molecule has 1 unspecified atom stereocenters. The average Bonchev–Trinajstić information content (AvgIpc) is 2.77. The van der Waals surface area contributed by atoms with Crippen LogP contribution < -0.4 is 21.8 Å². The molecule has 0 aromatic heterocycles. The molecule has 9 nitrogen and oxygen atoms in total. The van der Waals surface area contributed by atoms with Crippen molar-refractivity contribution >= 4 is 23.6 Å². The quantitative estimate of drug-likeness (QED) is 0.220.